The summed E-state index contributed by atoms with van der Waals surface area (Å²) < 4.78 is 11.5. The van der Waals surface area contributed by atoms with Gasteiger partial charge in [-0.2, -0.15) is 0 Å². The molecule has 0 atom stereocenters. The molecule has 33 heavy (non-hydrogen) atoms. The third kappa shape index (κ3) is 7.36. The van der Waals surface area contributed by atoms with Gasteiger partial charge < -0.3 is 24.6 Å². The van der Waals surface area contributed by atoms with Gasteiger partial charge in [-0.3, -0.25) is 4.79 Å². The third-order valence-electron chi connectivity index (χ3n) is 6.58. The second-order valence-corrected chi connectivity index (χ2v) is 10.5. The number of para-hydroxylation sites is 1. The number of ether oxygens (including phenoxy) is 2. The maximum Gasteiger partial charge on any atom is 0.410 e. The second kappa shape index (κ2) is 11.2. The number of hydrogen-bond donors (Lipinski definition) is 1. The van der Waals surface area contributed by atoms with Crippen molar-refractivity contribution >= 4 is 12.0 Å². The molecule has 1 spiro atoms. The SMILES string of the molecule is CN1CC2(CCCNCCCCOc3ccccc3C1=O)CCN(C(=O)OC(C)(C)C)CC2. The van der Waals surface area contributed by atoms with E-state index in [-0.39, 0.29) is 17.4 Å². The number of rotatable bonds is 0. The van der Waals surface area contributed by atoms with Gasteiger partial charge >= 0.3 is 6.09 Å². The van der Waals surface area contributed by atoms with Crippen LogP contribution in [0.25, 0.3) is 0 Å². The molecule has 184 valence electrons. The molecule has 0 saturated carbocycles. The monoisotopic (exact) mass is 459 g/mol. The van der Waals surface area contributed by atoms with Crippen LogP contribution in [0.3, 0.4) is 0 Å². The molecule has 0 radical (unpaired) electrons. The van der Waals surface area contributed by atoms with Crippen molar-refractivity contribution in [2.24, 2.45) is 5.41 Å². The fourth-order valence-electron chi connectivity index (χ4n) is 4.77. The molecule has 1 aromatic rings. The van der Waals surface area contributed by atoms with E-state index in [2.05, 4.69) is 5.32 Å². The van der Waals surface area contributed by atoms with Crippen LogP contribution in [0.15, 0.2) is 24.3 Å². The molecule has 1 aromatic carbocycles. The summed E-state index contributed by atoms with van der Waals surface area (Å²) in [5, 5.41) is 3.55. The normalized spacial score (nSPS) is 20.9. The Kier molecular flexibility index (Phi) is 8.63. The molecule has 7 heteroatoms. The summed E-state index contributed by atoms with van der Waals surface area (Å²) in [6.45, 7) is 10.2. The lowest BCUT2D eigenvalue weighted by atomic mass is 9.74. The Hall–Kier alpha value is -2.28. The molecule has 0 aromatic heterocycles. The number of carbonyl (C=O) groups excluding carboxylic acids is 2. The smallest absolute Gasteiger partial charge is 0.410 e. The van der Waals surface area contributed by atoms with E-state index in [9.17, 15) is 9.59 Å². The van der Waals surface area contributed by atoms with Gasteiger partial charge in [0, 0.05) is 26.7 Å². The van der Waals surface area contributed by atoms with E-state index in [1.54, 1.807) is 0 Å². The van der Waals surface area contributed by atoms with E-state index in [1.165, 1.54) is 0 Å². The number of nitrogens with zero attached hydrogens (tertiary/aromatic N) is 2. The minimum Gasteiger partial charge on any atom is -0.493 e. The minimum absolute atomic E-state index is 0.00690. The van der Waals surface area contributed by atoms with E-state index in [4.69, 9.17) is 9.47 Å². The second-order valence-electron chi connectivity index (χ2n) is 10.5. The van der Waals surface area contributed by atoms with Crippen LogP contribution in [0, 0.1) is 5.41 Å². The first-order valence-electron chi connectivity index (χ1n) is 12.4. The van der Waals surface area contributed by atoms with Gasteiger partial charge in [-0.25, -0.2) is 4.79 Å². The Bertz CT molecular complexity index is 797. The van der Waals surface area contributed by atoms with Gasteiger partial charge in [0.1, 0.15) is 11.4 Å². The molecule has 2 aliphatic rings. The summed E-state index contributed by atoms with van der Waals surface area (Å²) in [5.74, 6) is 0.651. The van der Waals surface area contributed by atoms with Gasteiger partial charge in [0.25, 0.3) is 5.91 Å². The molecule has 2 aliphatic heterocycles. The zero-order valence-electron chi connectivity index (χ0n) is 20.8. The predicted octanol–water partition coefficient (Wildman–Crippen LogP) is 4.32. The first kappa shape index (κ1) is 25.3. The molecule has 0 unspecified atom stereocenters. The van der Waals surface area contributed by atoms with E-state index < -0.39 is 5.60 Å². The lowest BCUT2D eigenvalue weighted by Crippen LogP contribution is -2.49. The first-order valence-corrected chi connectivity index (χ1v) is 12.4. The Morgan fingerprint density at radius 2 is 1.76 bits per heavy atom. The van der Waals surface area contributed by atoms with E-state index in [0.717, 1.165) is 51.6 Å². The first-order chi connectivity index (χ1) is 15.7. The Morgan fingerprint density at radius 3 is 2.48 bits per heavy atom. The number of hydrogen-bond acceptors (Lipinski definition) is 5. The van der Waals surface area contributed by atoms with Crippen molar-refractivity contribution in [1.82, 2.24) is 15.1 Å². The topological polar surface area (TPSA) is 71.1 Å². The van der Waals surface area contributed by atoms with Gasteiger partial charge in [-0.15, -0.1) is 0 Å². The van der Waals surface area contributed by atoms with Crippen LogP contribution in [0.1, 0.15) is 69.7 Å². The van der Waals surface area contributed by atoms with Crippen LogP contribution in [0.4, 0.5) is 4.79 Å². The highest BCUT2D eigenvalue weighted by Gasteiger charge is 2.38. The van der Waals surface area contributed by atoms with E-state index >= 15 is 0 Å². The van der Waals surface area contributed by atoms with Gasteiger partial charge in [-0.1, -0.05) is 12.1 Å². The Balaban J connectivity index is 1.74. The van der Waals surface area contributed by atoms with Crippen molar-refractivity contribution in [2.75, 3.05) is 46.4 Å². The molecule has 1 fully saturated rings. The van der Waals surface area contributed by atoms with E-state index in [0.29, 0.717) is 37.6 Å². The van der Waals surface area contributed by atoms with Gasteiger partial charge in [0.2, 0.25) is 0 Å². The fraction of sp³-hybridized carbons (Fsp3) is 0.692. The van der Waals surface area contributed by atoms with Gasteiger partial charge in [0.05, 0.1) is 12.2 Å². The molecule has 0 bridgehead atoms. The Morgan fingerprint density at radius 1 is 1.06 bits per heavy atom. The summed E-state index contributed by atoms with van der Waals surface area (Å²) in [4.78, 5) is 29.6. The number of benzene rings is 1. The average Bonchev–Trinajstić information content (AvgIpc) is 2.77. The summed E-state index contributed by atoms with van der Waals surface area (Å²) in [7, 11) is 1.89. The standard InChI is InChI=1S/C26H41N3O4/c1-25(2,3)33-24(31)29-17-13-26(14-18-29)12-9-16-27-15-7-8-19-32-22-11-6-5-10-21(22)23(30)28(4)20-26/h5-6,10-11,27H,7-9,12-20H2,1-4H3. The average molecular weight is 460 g/mol. The summed E-state index contributed by atoms with van der Waals surface area (Å²) in [6, 6.07) is 7.54. The number of nitrogens with one attached hydrogen (secondary N) is 1. The number of amides is 2. The molecule has 2 heterocycles. The fourth-order valence-corrected chi connectivity index (χ4v) is 4.77. The van der Waals surface area contributed by atoms with Crippen molar-refractivity contribution in [3.8, 4) is 5.75 Å². The number of carbonyl (C=O) groups is 2. The largest absolute Gasteiger partial charge is 0.493 e. The zero-order chi connectivity index (χ0) is 23.9. The highest BCUT2D eigenvalue weighted by atomic mass is 16.6. The van der Waals surface area contributed by atoms with Crippen LogP contribution in [-0.2, 0) is 4.74 Å². The number of fused-ring (bicyclic) bond motifs is 1. The molecule has 1 N–H and O–H groups in total. The molecule has 3 rings (SSSR count). The maximum atomic E-state index is 13.4. The molecule has 2 amide bonds. The number of piperidine rings is 1. The van der Waals surface area contributed by atoms with Crippen LogP contribution in [0.2, 0.25) is 0 Å². The van der Waals surface area contributed by atoms with E-state index in [1.807, 2.05) is 61.9 Å². The number of likely N-dealkylation sites (tertiary alicyclic amines) is 1. The van der Waals surface area contributed by atoms with Crippen molar-refractivity contribution in [1.29, 1.82) is 0 Å². The zero-order valence-corrected chi connectivity index (χ0v) is 20.8. The van der Waals surface area contributed by atoms with Crippen molar-refractivity contribution in [3.05, 3.63) is 29.8 Å². The quantitative estimate of drug-likeness (QED) is 0.626. The molecular formula is C26H41N3O4. The van der Waals surface area contributed by atoms with Crippen LogP contribution in [0.5, 0.6) is 5.75 Å². The Labute approximate surface area is 198 Å². The van der Waals surface area contributed by atoms with Gasteiger partial charge in [0.15, 0.2) is 0 Å². The van der Waals surface area contributed by atoms with Crippen LogP contribution >= 0.6 is 0 Å². The van der Waals surface area contributed by atoms with Crippen molar-refractivity contribution in [2.45, 2.75) is 64.9 Å². The van der Waals surface area contributed by atoms with Crippen molar-refractivity contribution in [3.63, 3.8) is 0 Å². The highest BCUT2D eigenvalue weighted by molar-refractivity contribution is 5.96. The molecular weight excluding hydrogens is 418 g/mol. The summed E-state index contributed by atoms with van der Waals surface area (Å²) in [6.07, 6.45) is 5.57. The van der Waals surface area contributed by atoms with Crippen LogP contribution < -0.4 is 10.1 Å². The third-order valence-corrected chi connectivity index (χ3v) is 6.58. The van der Waals surface area contributed by atoms with Crippen molar-refractivity contribution < 1.29 is 19.1 Å². The minimum atomic E-state index is -0.497. The predicted molar refractivity (Wildman–Crippen MR) is 130 cm³/mol. The summed E-state index contributed by atoms with van der Waals surface area (Å²) in [5.41, 5.74) is 0.110. The lowest BCUT2D eigenvalue weighted by Gasteiger charge is -2.44. The lowest BCUT2D eigenvalue weighted by molar-refractivity contribution is 0.00377. The molecule has 7 nitrogen and oxygen atoms in total. The van der Waals surface area contributed by atoms with Gasteiger partial charge in [-0.05, 0) is 89.9 Å². The molecule has 1 saturated heterocycles. The maximum absolute atomic E-state index is 13.4. The summed E-state index contributed by atoms with van der Waals surface area (Å²) >= 11 is 0. The molecule has 0 aliphatic carbocycles. The highest BCUT2D eigenvalue weighted by Crippen LogP contribution is 2.38. The van der Waals surface area contributed by atoms with Crippen LogP contribution in [-0.4, -0.2) is 73.8 Å².